The van der Waals surface area contributed by atoms with Crippen LogP contribution in [0.2, 0.25) is 0 Å². The van der Waals surface area contributed by atoms with Crippen LogP contribution in [-0.4, -0.2) is 19.0 Å². The van der Waals surface area contributed by atoms with Gasteiger partial charge in [-0.2, -0.15) is 0 Å². The number of hydrogen-bond acceptors (Lipinski definition) is 2. The summed E-state index contributed by atoms with van der Waals surface area (Å²) in [6, 6.07) is 0.0127. The average Bonchev–Trinajstić information content (AvgIpc) is 1.82. The summed E-state index contributed by atoms with van der Waals surface area (Å²) in [5, 5.41) is 0. The van der Waals surface area contributed by atoms with Gasteiger partial charge in [0.2, 0.25) is 0 Å². The first-order valence-corrected chi connectivity index (χ1v) is 3.30. The van der Waals surface area contributed by atoms with Crippen molar-refractivity contribution >= 4 is 11.6 Å². The Hall–Kier alpha value is -0.210. The van der Waals surface area contributed by atoms with Crippen LogP contribution in [0.4, 0.5) is 0 Å². The second-order valence-electron chi connectivity index (χ2n) is 1.83. The summed E-state index contributed by atoms with van der Waals surface area (Å²) >= 11 is 5.46. The van der Waals surface area contributed by atoms with Crippen LogP contribution >= 0.6 is 11.6 Å². The Kier molecular flexibility index (Phi) is 4.54. The number of ether oxygens (including phenoxy) is 1. The van der Waals surface area contributed by atoms with Gasteiger partial charge in [-0.15, -0.1) is 11.6 Å². The van der Waals surface area contributed by atoms with Crippen LogP contribution in [0.3, 0.4) is 0 Å². The second-order valence-corrected chi connectivity index (χ2v) is 2.10. The van der Waals surface area contributed by atoms with Gasteiger partial charge in [0.25, 0.3) is 0 Å². The molecule has 0 bridgehead atoms. The molecule has 0 saturated carbocycles. The van der Waals surface area contributed by atoms with Gasteiger partial charge in [0.05, 0.1) is 13.0 Å². The molecule has 1 unspecified atom stereocenters. The third-order valence-electron chi connectivity index (χ3n) is 0.843. The van der Waals surface area contributed by atoms with Crippen molar-refractivity contribution < 1.29 is 4.74 Å². The van der Waals surface area contributed by atoms with E-state index in [0.29, 0.717) is 5.88 Å². The van der Waals surface area contributed by atoms with Gasteiger partial charge in [0.15, 0.2) is 0 Å². The highest BCUT2D eigenvalue weighted by Crippen LogP contribution is 1.98. The summed E-state index contributed by atoms with van der Waals surface area (Å²) in [5.74, 6) is 1.12. The first kappa shape index (κ1) is 8.79. The highest BCUT2D eigenvalue weighted by Gasteiger charge is 1.93. The molecule has 54 valence electrons. The predicted octanol–water partition coefficient (Wildman–Crippen LogP) is 1.10. The highest BCUT2D eigenvalue weighted by molar-refractivity contribution is 6.19. The van der Waals surface area contributed by atoms with Crippen LogP contribution < -0.4 is 5.73 Å². The van der Waals surface area contributed by atoms with Crippen LogP contribution in [0.5, 0.6) is 0 Å². The lowest BCUT2D eigenvalue weighted by molar-refractivity contribution is 0.292. The van der Waals surface area contributed by atoms with Crippen molar-refractivity contribution in [1.82, 2.24) is 0 Å². The van der Waals surface area contributed by atoms with Crippen LogP contribution in [0, 0.1) is 0 Å². The van der Waals surface area contributed by atoms with E-state index in [1.165, 1.54) is 0 Å². The first-order valence-electron chi connectivity index (χ1n) is 2.77. The van der Waals surface area contributed by atoms with Gasteiger partial charge in [-0.05, 0) is 13.0 Å². The molecule has 0 spiro atoms. The van der Waals surface area contributed by atoms with E-state index in [9.17, 15) is 0 Å². The molecule has 0 aliphatic rings. The van der Waals surface area contributed by atoms with Crippen LogP contribution in [0.15, 0.2) is 11.8 Å². The van der Waals surface area contributed by atoms with Crippen molar-refractivity contribution in [2.45, 2.75) is 13.0 Å². The number of nitrogens with two attached hydrogens (primary N) is 1. The van der Waals surface area contributed by atoms with Crippen molar-refractivity contribution in [1.29, 1.82) is 0 Å². The lowest BCUT2D eigenvalue weighted by Crippen LogP contribution is -2.12. The Morgan fingerprint density at radius 3 is 2.56 bits per heavy atom. The smallest absolute Gasteiger partial charge is 0.108 e. The van der Waals surface area contributed by atoms with Crippen molar-refractivity contribution in [2.75, 3.05) is 13.0 Å². The third kappa shape index (κ3) is 4.30. The molecule has 0 rings (SSSR count). The summed E-state index contributed by atoms with van der Waals surface area (Å²) < 4.78 is 4.86. The Morgan fingerprint density at radius 1 is 1.89 bits per heavy atom. The lowest BCUT2D eigenvalue weighted by Gasteiger charge is -2.02. The number of methoxy groups -OCH3 is 1. The van der Waals surface area contributed by atoms with Gasteiger partial charge in [0, 0.05) is 6.04 Å². The second kappa shape index (κ2) is 4.65. The van der Waals surface area contributed by atoms with E-state index in [-0.39, 0.29) is 6.04 Å². The summed E-state index contributed by atoms with van der Waals surface area (Å²) in [5.41, 5.74) is 5.43. The molecule has 0 aromatic heterocycles. The van der Waals surface area contributed by atoms with E-state index in [4.69, 9.17) is 22.1 Å². The zero-order chi connectivity index (χ0) is 7.28. The van der Waals surface area contributed by atoms with E-state index in [0.717, 1.165) is 5.76 Å². The van der Waals surface area contributed by atoms with Gasteiger partial charge in [-0.25, -0.2) is 0 Å². The Labute approximate surface area is 60.6 Å². The molecule has 0 radical (unpaired) electrons. The first-order chi connectivity index (χ1) is 4.20. The van der Waals surface area contributed by atoms with Crippen molar-refractivity contribution in [3.8, 4) is 0 Å². The van der Waals surface area contributed by atoms with Crippen LogP contribution in [-0.2, 0) is 4.74 Å². The number of allylic oxidation sites excluding steroid dienone is 1. The van der Waals surface area contributed by atoms with Gasteiger partial charge < -0.3 is 10.5 Å². The fourth-order valence-corrected chi connectivity index (χ4v) is 0.659. The number of rotatable bonds is 3. The standard InChI is InChI=1S/C6H12ClNO/c1-5(8)3-6(4-7)9-2/h3,5H,4,8H2,1-2H3/b6-3+. The quantitative estimate of drug-likeness (QED) is 0.482. The SMILES string of the molecule is CO/C(=C/C(C)N)CCl. The maximum absolute atomic E-state index is 5.46. The van der Waals surface area contributed by atoms with Crippen molar-refractivity contribution in [2.24, 2.45) is 5.73 Å². The Morgan fingerprint density at radius 2 is 2.44 bits per heavy atom. The minimum absolute atomic E-state index is 0.0127. The number of halogens is 1. The summed E-state index contributed by atoms with van der Waals surface area (Å²) in [6.07, 6.45) is 1.78. The molecule has 1 atom stereocenters. The molecule has 2 N–H and O–H groups in total. The minimum Gasteiger partial charge on any atom is -0.500 e. The van der Waals surface area contributed by atoms with Crippen molar-refractivity contribution in [3.05, 3.63) is 11.8 Å². The Balaban J connectivity index is 3.75. The predicted molar refractivity (Wildman–Crippen MR) is 39.5 cm³/mol. The molecule has 3 heteroatoms. The Bertz CT molecular complexity index is 95.2. The van der Waals surface area contributed by atoms with Crippen LogP contribution in [0.25, 0.3) is 0 Å². The van der Waals surface area contributed by atoms with Gasteiger partial charge in [-0.3, -0.25) is 0 Å². The summed E-state index contributed by atoms with van der Waals surface area (Å²) in [6.45, 7) is 1.87. The molecule has 0 aromatic rings. The third-order valence-corrected chi connectivity index (χ3v) is 1.11. The monoisotopic (exact) mass is 149 g/mol. The highest BCUT2D eigenvalue weighted by atomic mass is 35.5. The number of alkyl halides is 1. The normalized spacial score (nSPS) is 15.3. The fraction of sp³-hybridized carbons (Fsp3) is 0.667. The minimum atomic E-state index is 0.0127. The molecule has 0 fully saturated rings. The topological polar surface area (TPSA) is 35.2 Å². The zero-order valence-corrected chi connectivity index (χ0v) is 6.48. The number of hydrogen-bond donors (Lipinski definition) is 1. The van der Waals surface area contributed by atoms with Gasteiger partial charge >= 0.3 is 0 Å². The zero-order valence-electron chi connectivity index (χ0n) is 5.73. The molecule has 0 amide bonds. The maximum atomic E-state index is 5.46. The molecule has 9 heavy (non-hydrogen) atoms. The molecule has 0 aromatic carbocycles. The summed E-state index contributed by atoms with van der Waals surface area (Å²) in [4.78, 5) is 0. The molecule has 0 aliphatic heterocycles. The van der Waals surface area contributed by atoms with Gasteiger partial charge in [-0.1, -0.05) is 0 Å². The molecule has 0 aliphatic carbocycles. The van der Waals surface area contributed by atoms with E-state index >= 15 is 0 Å². The summed E-state index contributed by atoms with van der Waals surface area (Å²) in [7, 11) is 1.58. The lowest BCUT2D eigenvalue weighted by atomic mass is 10.3. The van der Waals surface area contributed by atoms with E-state index in [1.54, 1.807) is 13.2 Å². The maximum Gasteiger partial charge on any atom is 0.108 e. The van der Waals surface area contributed by atoms with Crippen molar-refractivity contribution in [3.63, 3.8) is 0 Å². The van der Waals surface area contributed by atoms with E-state index in [2.05, 4.69) is 0 Å². The van der Waals surface area contributed by atoms with Gasteiger partial charge in [0.1, 0.15) is 5.76 Å². The van der Waals surface area contributed by atoms with E-state index < -0.39 is 0 Å². The van der Waals surface area contributed by atoms with E-state index in [1.807, 2.05) is 6.92 Å². The fourth-order valence-electron chi connectivity index (χ4n) is 0.460. The largest absolute Gasteiger partial charge is 0.500 e. The average molecular weight is 150 g/mol. The molecular formula is C6H12ClNO. The molecular weight excluding hydrogens is 138 g/mol. The molecule has 0 heterocycles. The van der Waals surface area contributed by atoms with Crippen LogP contribution in [0.1, 0.15) is 6.92 Å². The molecule has 2 nitrogen and oxygen atoms in total. The molecule has 0 saturated heterocycles.